The maximum absolute atomic E-state index is 13.1. The molecular formula is C24H22ClN3O2S. The number of halogens is 1. The van der Waals surface area contributed by atoms with E-state index in [0.29, 0.717) is 11.3 Å². The van der Waals surface area contributed by atoms with Gasteiger partial charge in [0.2, 0.25) is 0 Å². The topological polar surface area (TPSA) is 62.3 Å². The molecular weight excluding hydrogens is 430 g/mol. The van der Waals surface area contributed by atoms with Crippen LogP contribution in [-0.2, 0) is 12.0 Å². The quantitative estimate of drug-likeness (QED) is 0.383. The summed E-state index contributed by atoms with van der Waals surface area (Å²) in [5.74, 6) is -0.755. The SMILES string of the molecule is CC(C)(C)c1ccc(SNc2ccc(Cl)c3c2C(=O)N(Cc2cccnc2)C3=O)cc1. The number of imide groups is 1. The number of hydrogen-bond donors (Lipinski definition) is 1. The minimum Gasteiger partial charge on any atom is -0.325 e. The molecule has 1 aliphatic heterocycles. The Bertz CT molecular complexity index is 1140. The van der Waals surface area contributed by atoms with Gasteiger partial charge in [0.1, 0.15) is 0 Å². The summed E-state index contributed by atoms with van der Waals surface area (Å²) in [4.78, 5) is 32.3. The van der Waals surface area contributed by atoms with Gasteiger partial charge in [-0.25, -0.2) is 0 Å². The van der Waals surface area contributed by atoms with Crippen molar-refractivity contribution in [2.75, 3.05) is 4.72 Å². The van der Waals surface area contributed by atoms with Crippen LogP contribution >= 0.6 is 23.5 Å². The van der Waals surface area contributed by atoms with E-state index in [1.54, 1.807) is 30.6 Å². The van der Waals surface area contributed by atoms with E-state index in [-0.39, 0.29) is 28.5 Å². The molecule has 31 heavy (non-hydrogen) atoms. The second kappa shape index (κ2) is 8.36. The third-order valence-corrected chi connectivity index (χ3v) is 6.28. The molecule has 0 fully saturated rings. The van der Waals surface area contributed by atoms with Crippen molar-refractivity contribution in [3.8, 4) is 0 Å². The molecule has 0 aliphatic carbocycles. The highest BCUT2D eigenvalue weighted by Crippen LogP contribution is 2.37. The van der Waals surface area contributed by atoms with Crippen LogP contribution in [0, 0.1) is 0 Å². The lowest BCUT2D eigenvalue weighted by atomic mass is 9.87. The number of benzene rings is 2. The summed E-state index contributed by atoms with van der Waals surface area (Å²) in [5, 5.41) is 0.270. The third-order valence-electron chi connectivity index (χ3n) is 5.14. The molecule has 7 heteroatoms. The Labute approximate surface area is 191 Å². The molecule has 4 rings (SSSR count). The summed E-state index contributed by atoms with van der Waals surface area (Å²) in [6, 6.07) is 15.2. The van der Waals surface area contributed by atoms with Crippen molar-refractivity contribution < 1.29 is 9.59 Å². The zero-order valence-corrected chi connectivity index (χ0v) is 19.1. The van der Waals surface area contributed by atoms with Crippen LogP contribution in [0.1, 0.15) is 52.6 Å². The van der Waals surface area contributed by atoms with Crippen molar-refractivity contribution in [2.24, 2.45) is 0 Å². The van der Waals surface area contributed by atoms with Crippen LogP contribution in [0.15, 0.2) is 65.8 Å². The summed E-state index contributed by atoms with van der Waals surface area (Å²) < 4.78 is 3.23. The molecule has 0 radical (unpaired) electrons. The molecule has 158 valence electrons. The van der Waals surface area contributed by atoms with Gasteiger partial charge in [0.25, 0.3) is 11.8 Å². The zero-order valence-electron chi connectivity index (χ0n) is 17.5. The number of nitrogens with zero attached hydrogens (tertiary/aromatic N) is 2. The van der Waals surface area contributed by atoms with Crippen molar-refractivity contribution in [2.45, 2.75) is 37.6 Å². The fraction of sp³-hybridized carbons (Fsp3) is 0.208. The predicted octanol–water partition coefficient (Wildman–Crippen LogP) is 5.95. The highest BCUT2D eigenvalue weighted by Gasteiger charge is 2.39. The molecule has 0 atom stereocenters. The Morgan fingerprint density at radius 2 is 1.71 bits per heavy atom. The first-order chi connectivity index (χ1) is 14.8. The number of nitrogens with one attached hydrogen (secondary N) is 1. The molecule has 0 spiro atoms. The van der Waals surface area contributed by atoms with Gasteiger partial charge in [-0.15, -0.1) is 0 Å². The van der Waals surface area contributed by atoms with Crippen LogP contribution in [0.5, 0.6) is 0 Å². The van der Waals surface area contributed by atoms with Gasteiger partial charge in [-0.3, -0.25) is 19.5 Å². The Hall–Kier alpha value is -2.83. The molecule has 1 aromatic heterocycles. The van der Waals surface area contributed by atoms with E-state index in [4.69, 9.17) is 11.6 Å². The highest BCUT2D eigenvalue weighted by atomic mass is 35.5. The second-order valence-corrected chi connectivity index (χ2v) is 9.67. The van der Waals surface area contributed by atoms with Crippen molar-refractivity contribution in [3.05, 3.63) is 88.2 Å². The summed E-state index contributed by atoms with van der Waals surface area (Å²) in [5.41, 5.74) is 3.21. The maximum Gasteiger partial charge on any atom is 0.264 e. The average Bonchev–Trinajstić information content (AvgIpc) is 3.00. The van der Waals surface area contributed by atoms with Crippen LogP contribution in [0.3, 0.4) is 0 Å². The lowest BCUT2D eigenvalue weighted by Crippen LogP contribution is -2.29. The van der Waals surface area contributed by atoms with Crippen LogP contribution in [0.25, 0.3) is 0 Å². The van der Waals surface area contributed by atoms with Gasteiger partial charge in [-0.05, 0) is 58.8 Å². The monoisotopic (exact) mass is 451 g/mol. The van der Waals surface area contributed by atoms with Gasteiger partial charge in [0.05, 0.1) is 28.4 Å². The number of amides is 2. The molecule has 2 heterocycles. The first kappa shape index (κ1) is 21.4. The van der Waals surface area contributed by atoms with E-state index in [1.165, 1.54) is 22.4 Å². The van der Waals surface area contributed by atoms with Crippen molar-refractivity contribution >= 4 is 41.1 Å². The molecule has 5 nitrogen and oxygen atoms in total. The van der Waals surface area contributed by atoms with Gasteiger partial charge in [-0.1, -0.05) is 50.6 Å². The molecule has 2 amide bonds. The zero-order chi connectivity index (χ0) is 22.2. The van der Waals surface area contributed by atoms with Gasteiger partial charge >= 0.3 is 0 Å². The third kappa shape index (κ3) is 4.31. The average molecular weight is 452 g/mol. The van der Waals surface area contributed by atoms with E-state index in [2.05, 4.69) is 42.6 Å². The van der Waals surface area contributed by atoms with Crippen molar-refractivity contribution in [1.29, 1.82) is 0 Å². The van der Waals surface area contributed by atoms with Gasteiger partial charge in [-0.2, -0.15) is 0 Å². The number of carbonyl (C=O) groups is 2. The van der Waals surface area contributed by atoms with Gasteiger partial charge in [0, 0.05) is 17.3 Å². The van der Waals surface area contributed by atoms with E-state index >= 15 is 0 Å². The molecule has 1 aliphatic rings. The van der Waals surface area contributed by atoms with Crippen molar-refractivity contribution in [1.82, 2.24) is 9.88 Å². The predicted molar refractivity (Wildman–Crippen MR) is 125 cm³/mol. The Kier molecular flexibility index (Phi) is 5.77. The lowest BCUT2D eigenvalue weighted by molar-refractivity contribution is 0.0642. The van der Waals surface area contributed by atoms with Crippen molar-refractivity contribution in [3.63, 3.8) is 0 Å². The van der Waals surface area contributed by atoms with E-state index in [9.17, 15) is 9.59 Å². The smallest absolute Gasteiger partial charge is 0.264 e. The fourth-order valence-corrected chi connectivity index (χ4v) is 4.32. The highest BCUT2D eigenvalue weighted by molar-refractivity contribution is 8.00. The number of hydrogen-bond acceptors (Lipinski definition) is 5. The number of carbonyl (C=O) groups excluding carboxylic acids is 2. The van der Waals surface area contributed by atoms with Crippen LogP contribution in [-0.4, -0.2) is 21.7 Å². The summed E-state index contributed by atoms with van der Waals surface area (Å²) in [7, 11) is 0. The molecule has 2 aromatic carbocycles. The van der Waals surface area contributed by atoms with Crippen LogP contribution in [0.2, 0.25) is 5.02 Å². The van der Waals surface area contributed by atoms with Crippen LogP contribution < -0.4 is 4.72 Å². The number of pyridine rings is 1. The van der Waals surface area contributed by atoms with Gasteiger partial charge < -0.3 is 4.72 Å². The Morgan fingerprint density at radius 3 is 2.35 bits per heavy atom. The lowest BCUT2D eigenvalue weighted by Gasteiger charge is -2.19. The van der Waals surface area contributed by atoms with Gasteiger partial charge in [0.15, 0.2) is 0 Å². The summed E-state index contributed by atoms with van der Waals surface area (Å²) >= 11 is 7.69. The molecule has 0 saturated heterocycles. The minimum absolute atomic E-state index is 0.0815. The second-order valence-electron chi connectivity index (χ2n) is 8.38. The Morgan fingerprint density at radius 1 is 1.00 bits per heavy atom. The summed E-state index contributed by atoms with van der Waals surface area (Å²) in [6.07, 6.45) is 3.29. The fourth-order valence-electron chi connectivity index (χ4n) is 3.41. The molecule has 0 bridgehead atoms. The number of aromatic nitrogens is 1. The van der Waals surface area contributed by atoms with E-state index in [0.717, 1.165) is 10.5 Å². The molecule has 3 aromatic rings. The maximum atomic E-state index is 13.1. The van der Waals surface area contributed by atoms with E-state index in [1.807, 2.05) is 18.2 Å². The van der Waals surface area contributed by atoms with E-state index < -0.39 is 5.91 Å². The molecule has 0 unspecified atom stereocenters. The minimum atomic E-state index is -0.392. The van der Waals surface area contributed by atoms with Crippen LogP contribution in [0.4, 0.5) is 5.69 Å². The normalized spacial score (nSPS) is 13.5. The first-order valence-corrected chi connectivity index (χ1v) is 11.1. The first-order valence-electron chi connectivity index (χ1n) is 9.86. The number of anilines is 1. The summed E-state index contributed by atoms with van der Waals surface area (Å²) in [6.45, 7) is 6.66. The number of fused-ring (bicyclic) bond motifs is 1. The largest absolute Gasteiger partial charge is 0.325 e. The number of rotatable bonds is 5. The Balaban J connectivity index is 1.57. The molecule has 0 saturated carbocycles. The molecule has 1 N–H and O–H groups in total. The standard InChI is InChI=1S/C24H22ClN3O2S/c1-24(2,3)16-6-8-17(9-7-16)31-27-19-11-10-18(25)20-21(19)23(30)28(22(20)29)14-15-5-4-12-26-13-15/h4-13,27H,14H2,1-3H3.